The fourth-order valence-corrected chi connectivity index (χ4v) is 3.66. The normalized spacial score (nSPS) is 16.4. The quantitative estimate of drug-likeness (QED) is 0.884. The minimum Gasteiger partial charge on any atom is -0.496 e. The Balaban J connectivity index is 2.02. The smallest absolute Gasteiger partial charge is 0.274 e. The van der Waals surface area contributed by atoms with E-state index < -0.39 is 5.91 Å². The molecule has 2 aromatic rings. The second-order valence-electron chi connectivity index (χ2n) is 6.47. The van der Waals surface area contributed by atoms with Gasteiger partial charge < -0.3 is 15.0 Å². The van der Waals surface area contributed by atoms with E-state index in [1.54, 1.807) is 13.2 Å². The molecule has 0 atom stereocenters. The van der Waals surface area contributed by atoms with Gasteiger partial charge >= 0.3 is 0 Å². The van der Waals surface area contributed by atoms with Crippen LogP contribution in [0.2, 0.25) is 0 Å². The molecule has 0 radical (unpaired) electrons. The zero-order valence-electron chi connectivity index (χ0n) is 14.1. The van der Waals surface area contributed by atoms with Gasteiger partial charge in [-0.1, -0.05) is 0 Å². The number of carbonyl (C=O) groups excluding carboxylic acids is 1. The maximum absolute atomic E-state index is 13.9. The van der Waals surface area contributed by atoms with Gasteiger partial charge in [0.15, 0.2) is 0 Å². The average molecular weight is 339 g/mol. The highest BCUT2D eigenvalue weighted by Gasteiger charge is 2.32. The second kappa shape index (κ2) is 5.67. The van der Waals surface area contributed by atoms with Crippen LogP contribution in [0.3, 0.4) is 0 Å². The van der Waals surface area contributed by atoms with Crippen molar-refractivity contribution in [3.63, 3.8) is 0 Å². The molecule has 128 valence electrons. The molecule has 0 fully saturated rings. The summed E-state index contributed by atoms with van der Waals surface area (Å²) in [6.45, 7) is 1.55. The largest absolute Gasteiger partial charge is 0.496 e. The highest BCUT2D eigenvalue weighted by atomic mass is 19.1. The second-order valence-corrected chi connectivity index (χ2v) is 6.47. The standard InChI is InChI=1S/C19H18FN3O2/c1-23-6-5-11-12(13-7-10(20)3-4-16(13)25-2)8-14-17(21)19(24)22-18(14)15(11)9-23/h3-4,7-8H,5-6,9H2,1-2H3,(H2,21,22,24). The lowest BCUT2D eigenvalue weighted by molar-refractivity contribution is -0.110. The summed E-state index contributed by atoms with van der Waals surface area (Å²) in [5.41, 5.74) is 4.80. The Morgan fingerprint density at radius 1 is 1.20 bits per heavy atom. The molecular formula is C19H18FN3O2. The van der Waals surface area contributed by atoms with Crippen LogP contribution in [0.5, 0.6) is 5.75 Å². The van der Waals surface area contributed by atoms with Crippen LogP contribution in [-0.4, -0.2) is 37.2 Å². The van der Waals surface area contributed by atoms with Crippen molar-refractivity contribution >= 4 is 17.3 Å². The van der Waals surface area contributed by atoms with E-state index in [1.165, 1.54) is 12.1 Å². The van der Waals surface area contributed by atoms with E-state index in [4.69, 9.17) is 10.1 Å². The van der Waals surface area contributed by atoms with Crippen molar-refractivity contribution in [2.24, 2.45) is 0 Å². The molecule has 2 aromatic carbocycles. The Labute approximate surface area is 144 Å². The lowest BCUT2D eigenvalue weighted by Gasteiger charge is -2.29. The molecule has 0 unspecified atom stereocenters. The van der Waals surface area contributed by atoms with E-state index in [9.17, 15) is 9.18 Å². The minimum absolute atomic E-state index is 0.0531. The van der Waals surface area contributed by atoms with Crippen molar-refractivity contribution in [1.29, 1.82) is 5.41 Å². The van der Waals surface area contributed by atoms with Gasteiger partial charge in [-0.15, -0.1) is 0 Å². The van der Waals surface area contributed by atoms with Gasteiger partial charge in [0.1, 0.15) is 17.3 Å². The summed E-state index contributed by atoms with van der Waals surface area (Å²) < 4.78 is 19.3. The van der Waals surface area contributed by atoms with Gasteiger partial charge in [0.05, 0.1) is 12.8 Å². The van der Waals surface area contributed by atoms with E-state index >= 15 is 0 Å². The fraction of sp³-hybridized carbons (Fsp3) is 0.263. The Morgan fingerprint density at radius 2 is 2.00 bits per heavy atom. The number of likely N-dealkylation sites (N-methyl/N-ethyl adjacent to an activating group) is 1. The Kier molecular flexibility index (Phi) is 3.58. The zero-order chi connectivity index (χ0) is 17.7. The summed E-state index contributed by atoms with van der Waals surface area (Å²) in [6.07, 6.45) is 0.789. The fourth-order valence-electron chi connectivity index (χ4n) is 3.66. The number of rotatable bonds is 2. The molecular weight excluding hydrogens is 321 g/mol. The van der Waals surface area contributed by atoms with Gasteiger partial charge in [0, 0.05) is 24.2 Å². The van der Waals surface area contributed by atoms with Crippen molar-refractivity contribution in [2.75, 3.05) is 26.0 Å². The molecule has 6 heteroatoms. The molecule has 0 saturated carbocycles. The molecule has 0 spiro atoms. The van der Waals surface area contributed by atoms with Crippen LogP contribution in [-0.2, 0) is 17.8 Å². The first-order valence-electron chi connectivity index (χ1n) is 8.11. The van der Waals surface area contributed by atoms with Gasteiger partial charge in [-0.05, 0) is 54.4 Å². The van der Waals surface area contributed by atoms with Crippen LogP contribution in [0.1, 0.15) is 16.7 Å². The molecule has 0 saturated heterocycles. The van der Waals surface area contributed by atoms with Crippen molar-refractivity contribution in [1.82, 2.24) is 4.90 Å². The number of hydrogen-bond donors (Lipinski definition) is 2. The highest BCUT2D eigenvalue weighted by Crippen LogP contribution is 2.42. The molecule has 1 amide bonds. The molecule has 0 aliphatic carbocycles. The van der Waals surface area contributed by atoms with Crippen LogP contribution >= 0.6 is 0 Å². The highest BCUT2D eigenvalue weighted by molar-refractivity contribution is 6.53. The predicted octanol–water partition coefficient (Wildman–Crippen LogP) is 2.81. The van der Waals surface area contributed by atoms with Crippen LogP contribution in [0, 0.1) is 11.2 Å². The topological polar surface area (TPSA) is 65.4 Å². The molecule has 2 aliphatic heterocycles. The number of amides is 1. The number of benzene rings is 2. The first kappa shape index (κ1) is 15.8. The summed E-state index contributed by atoms with van der Waals surface area (Å²) in [5.74, 6) is -0.165. The molecule has 25 heavy (non-hydrogen) atoms. The van der Waals surface area contributed by atoms with Crippen LogP contribution < -0.4 is 10.1 Å². The molecule has 5 nitrogen and oxygen atoms in total. The third kappa shape index (κ3) is 2.41. The number of hydrogen-bond acceptors (Lipinski definition) is 4. The van der Waals surface area contributed by atoms with Crippen molar-refractivity contribution in [3.8, 4) is 16.9 Å². The lowest BCUT2D eigenvalue weighted by atomic mass is 9.87. The average Bonchev–Trinajstić information content (AvgIpc) is 2.89. The molecule has 2 heterocycles. The SMILES string of the molecule is COc1ccc(F)cc1-c1cc2c(c3c1CCN(C)C3)NC(=O)C2=N. The third-order valence-electron chi connectivity index (χ3n) is 4.91. The number of carbonyl (C=O) groups is 1. The number of fused-ring (bicyclic) bond motifs is 3. The van der Waals surface area contributed by atoms with Crippen molar-refractivity contribution < 1.29 is 13.9 Å². The van der Waals surface area contributed by atoms with Crippen molar-refractivity contribution in [2.45, 2.75) is 13.0 Å². The number of nitrogens with zero attached hydrogens (tertiary/aromatic N) is 1. The summed E-state index contributed by atoms with van der Waals surface area (Å²) in [6, 6.07) is 6.24. The molecule has 4 rings (SSSR count). The maximum Gasteiger partial charge on any atom is 0.274 e. The summed E-state index contributed by atoms with van der Waals surface area (Å²) in [7, 11) is 3.57. The minimum atomic E-state index is -0.395. The van der Waals surface area contributed by atoms with Gasteiger partial charge in [0.2, 0.25) is 0 Å². The first-order chi connectivity index (χ1) is 12.0. The molecule has 0 aromatic heterocycles. The summed E-state index contributed by atoms with van der Waals surface area (Å²) >= 11 is 0. The monoisotopic (exact) mass is 339 g/mol. The van der Waals surface area contributed by atoms with Crippen LogP contribution in [0.25, 0.3) is 11.1 Å². The van der Waals surface area contributed by atoms with Gasteiger partial charge in [0.25, 0.3) is 5.91 Å². The summed E-state index contributed by atoms with van der Waals surface area (Å²) in [4.78, 5) is 14.2. The molecule has 2 N–H and O–H groups in total. The predicted molar refractivity (Wildman–Crippen MR) is 93.9 cm³/mol. The number of methoxy groups -OCH3 is 1. The van der Waals surface area contributed by atoms with Gasteiger partial charge in [-0.3, -0.25) is 10.2 Å². The van der Waals surface area contributed by atoms with Gasteiger partial charge in [-0.2, -0.15) is 0 Å². The Morgan fingerprint density at radius 3 is 2.76 bits per heavy atom. The van der Waals surface area contributed by atoms with E-state index in [-0.39, 0.29) is 11.5 Å². The summed E-state index contributed by atoms with van der Waals surface area (Å²) in [5, 5.41) is 10.9. The lowest BCUT2D eigenvalue weighted by Crippen LogP contribution is -2.28. The third-order valence-corrected chi connectivity index (χ3v) is 4.91. The van der Waals surface area contributed by atoms with Crippen molar-refractivity contribution in [3.05, 3.63) is 46.8 Å². The van der Waals surface area contributed by atoms with E-state index in [0.717, 1.165) is 35.3 Å². The van der Waals surface area contributed by atoms with Gasteiger partial charge in [-0.25, -0.2) is 4.39 Å². The number of anilines is 1. The van der Waals surface area contributed by atoms with E-state index in [0.29, 0.717) is 23.4 Å². The van der Waals surface area contributed by atoms with E-state index in [1.807, 2.05) is 13.1 Å². The number of ether oxygens (including phenoxy) is 1. The number of nitrogens with one attached hydrogen (secondary N) is 2. The van der Waals surface area contributed by atoms with E-state index in [2.05, 4.69) is 10.2 Å². The molecule has 2 aliphatic rings. The number of halogens is 1. The van der Waals surface area contributed by atoms with Crippen LogP contribution in [0.4, 0.5) is 10.1 Å². The first-order valence-corrected chi connectivity index (χ1v) is 8.11. The Bertz CT molecular complexity index is 923. The molecule has 0 bridgehead atoms. The maximum atomic E-state index is 13.9. The zero-order valence-corrected chi connectivity index (χ0v) is 14.1. The Hall–Kier alpha value is -2.73. The van der Waals surface area contributed by atoms with Crippen LogP contribution in [0.15, 0.2) is 24.3 Å².